The van der Waals surface area contributed by atoms with Crippen LogP contribution in [0.3, 0.4) is 0 Å². The molecule has 0 amide bonds. The molecular formula is C13H14ClNO. The third-order valence-corrected chi connectivity index (χ3v) is 3.36. The Balaban J connectivity index is 2.36. The topological polar surface area (TPSA) is 33.0 Å². The molecule has 0 radical (unpaired) electrons. The van der Waals surface area contributed by atoms with Crippen LogP contribution in [-0.2, 0) is 6.42 Å². The average molecular weight is 236 g/mol. The molecule has 0 saturated heterocycles. The van der Waals surface area contributed by atoms with E-state index in [2.05, 4.69) is 6.07 Å². The van der Waals surface area contributed by atoms with E-state index in [1.807, 2.05) is 19.1 Å². The zero-order valence-electron chi connectivity index (χ0n) is 9.51. The van der Waals surface area contributed by atoms with Gasteiger partial charge >= 0.3 is 0 Å². The summed E-state index contributed by atoms with van der Waals surface area (Å²) < 4.78 is 5.38. The first kappa shape index (κ1) is 11.3. The number of hydrogen-bond acceptors (Lipinski definition) is 2. The summed E-state index contributed by atoms with van der Waals surface area (Å²) in [6, 6.07) is 6.18. The number of methoxy groups -OCH3 is 1. The van der Waals surface area contributed by atoms with Crippen LogP contribution in [0, 0.1) is 23.7 Å². The summed E-state index contributed by atoms with van der Waals surface area (Å²) in [7, 11) is 1.66. The van der Waals surface area contributed by atoms with Crippen LogP contribution in [0.4, 0.5) is 0 Å². The second-order valence-electron chi connectivity index (χ2n) is 4.48. The van der Waals surface area contributed by atoms with Gasteiger partial charge in [0.15, 0.2) is 0 Å². The highest BCUT2D eigenvalue weighted by Gasteiger charge is 2.43. The highest BCUT2D eigenvalue weighted by Crippen LogP contribution is 2.49. The highest BCUT2D eigenvalue weighted by molar-refractivity contribution is 6.30. The second-order valence-corrected chi connectivity index (χ2v) is 4.92. The van der Waals surface area contributed by atoms with Gasteiger partial charge in [0.05, 0.1) is 18.6 Å². The molecule has 84 valence electrons. The lowest BCUT2D eigenvalue weighted by atomic mass is 9.96. The Kier molecular flexibility index (Phi) is 2.82. The fourth-order valence-corrected chi connectivity index (χ4v) is 2.36. The van der Waals surface area contributed by atoms with E-state index in [4.69, 9.17) is 21.6 Å². The molecule has 2 rings (SSSR count). The summed E-state index contributed by atoms with van der Waals surface area (Å²) in [5.41, 5.74) is 1.91. The van der Waals surface area contributed by atoms with E-state index >= 15 is 0 Å². The van der Waals surface area contributed by atoms with Gasteiger partial charge in [-0.15, -0.1) is 0 Å². The fraction of sp³-hybridized carbons (Fsp3) is 0.462. The van der Waals surface area contributed by atoms with Crippen LogP contribution in [0.1, 0.15) is 24.0 Å². The van der Waals surface area contributed by atoms with Gasteiger partial charge in [-0.1, -0.05) is 11.6 Å². The van der Waals surface area contributed by atoms with E-state index in [0.717, 1.165) is 36.1 Å². The highest BCUT2D eigenvalue weighted by atomic mass is 35.5. The predicted molar refractivity (Wildman–Crippen MR) is 63.7 cm³/mol. The summed E-state index contributed by atoms with van der Waals surface area (Å²) in [6.45, 7) is 1.97. The number of halogens is 1. The van der Waals surface area contributed by atoms with Crippen LogP contribution in [0.25, 0.3) is 0 Å². The Morgan fingerprint density at radius 1 is 1.50 bits per heavy atom. The molecule has 1 aliphatic carbocycles. The zero-order valence-corrected chi connectivity index (χ0v) is 10.3. The lowest BCUT2D eigenvalue weighted by Gasteiger charge is -2.14. The fourth-order valence-electron chi connectivity index (χ4n) is 2.07. The second kappa shape index (κ2) is 3.99. The molecule has 1 fully saturated rings. The molecule has 0 aliphatic heterocycles. The van der Waals surface area contributed by atoms with Crippen LogP contribution in [0.5, 0.6) is 5.75 Å². The van der Waals surface area contributed by atoms with E-state index in [0.29, 0.717) is 5.02 Å². The van der Waals surface area contributed by atoms with Gasteiger partial charge in [-0.3, -0.25) is 0 Å². The summed E-state index contributed by atoms with van der Waals surface area (Å²) in [5.74, 6) is 0.867. The Bertz CT molecular complexity index is 458. The standard InChI is InChI=1S/C13H14ClNO/c1-9-5-11(14)6-10(12(9)16-2)7-13(8-15)3-4-13/h5-6H,3-4,7H2,1-2H3. The van der Waals surface area contributed by atoms with Crippen molar-refractivity contribution in [3.63, 3.8) is 0 Å². The Morgan fingerprint density at radius 3 is 2.69 bits per heavy atom. The van der Waals surface area contributed by atoms with Gasteiger partial charge in [-0.05, 0) is 49.4 Å². The van der Waals surface area contributed by atoms with Crippen LogP contribution < -0.4 is 4.74 Å². The zero-order chi connectivity index (χ0) is 11.8. The maximum absolute atomic E-state index is 9.10. The number of hydrogen-bond donors (Lipinski definition) is 0. The minimum Gasteiger partial charge on any atom is -0.496 e. The van der Waals surface area contributed by atoms with Crippen molar-refractivity contribution in [2.45, 2.75) is 26.2 Å². The van der Waals surface area contributed by atoms with Crippen LogP contribution in [0.2, 0.25) is 5.02 Å². The average Bonchev–Trinajstić information content (AvgIpc) is 2.98. The summed E-state index contributed by atoms with van der Waals surface area (Å²) >= 11 is 6.03. The van der Waals surface area contributed by atoms with Crippen LogP contribution in [0.15, 0.2) is 12.1 Å². The first-order chi connectivity index (χ1) is 7.60. The van der Waals surface area contributed by atoms with Crippen molar-refractivity contribution in [2.75, 3.05) is 7.11 Å². The van der Waals surface area contributed by atoms with Gasteiger partial charge in [0.25, 0.3) is 0 Å². The Labute approximate surface area is 101 Å². The van der Waals surface area contributed by atoms with Crippen LogP contribution in [-0.4, -0.2) is 7.11 Å². The quantitative estimate of drug-likeness (QED) is 0.803. The molecule has 0 atom stereocenters. The molecule has 1 aromatic rings. The molecule has 0 bridgehead atoms. The molecule has 1 aromatic carbocycles. The molecule has 0 aromatic heterocycles. The third-order valence-electron chi connectivity index (χ3n) is 3.14. The number of benzene rings is 1. The molecule has 16 heavy (non-hydrogen) atoms. The molecule has 0 heterocycles. The number of nitrogens with zero attached hydrogens (tertiary/aromatic N) is 1. The van der Waals surface area contributed by atoms with Gasteiger partial charge < -0.3 is 4.74 Å². The van der Waals surface area contributed by atoms with E-state index in [1.54, 1.807) is 7.11 Å². The predicted octanol–water partition coefficient (Wildman–Crippen LogP) is 3.50. The lowest BCUT2D eigenvalue weighted by Crippen LogP contribution is -2.04. The van der Waals surface area contributed by atoms with Gasteiger partial charge in [0.1, 0.15) is 5.75 Å². The number of ether oxygens (including phenoxy) is 1. The van der Waals surface area contributed by atoms with Crippen molar-refractivity contribution >= 4 is 11.6 Å². The molecule has 3 heteroatoms. The molecule has 0 spiro atoms. The van der Waals surface area contributed by atoms with E-state index in [9.17, 15) is 0 Å². The molecular weight excluding hydrogens is 222 g/mol. The first-order valence-corrected chi connectivity index (χ1v) is 5.72. The van der Waals surface area contributed by atoms with Gasteiger partial charge in [-0.25, -0.2) is 0 Å². The van der Waals surface area contributed by atoms with Crippen molar-refractivity contribution in [1.29, 1.82) is 5.26 Å². The third kappa shape index (κ3) is 2.01. The summed E-state index contributed by atoms with van der Waals surface area (Å²) in [5, 5.41) is 9.81. The molecule has 1 aliphatic rings. The molecule has 0 N–H and O–H groups in total. The van der Waals surface area contributed by atoms with Crippen molar-refractivity contribution in [3.8, 4) is 11.8 Å². The molecule has 2 nitrogen and oxygen atoms in total. The van der Waals surface area contributed by atoms with Crippen molar-refractivity contribution in [1.82, 2.24) is 0 Å². The van der Waals surface area contributed by atoms with E-state index < -0.39 is 0 Å². The van der Waals surface area contributed by atoms with Crippen molar-refractivity contribution in [3.05, 3.63) is 28.3 Å². The monoisotopic (exact) mass is 235 g/mol. The molecule has 0 unspecified atom stereocenters. The first-order valence-electron chi connectivity index (χ1n) is 5.34. The van der Waals surface area contributed by atoms with Crippen molar-refractivity contribution in [2.24, 2.45) is 5.41 Å². The minimum atomic E-state index is -0.162. The number of rotatable bonds is 3. The van der Waals surface area contributed by atoms with Gasteiger partial charge in [0.2, 0.25) is 0 Å². The SMILES string of the molecule is COc1c(C)cc(Cl)cc1CC1(C#N)CC1. The van der Waals surface area contributed by atoms with Crippen LogP contribution >= 0.6 is 11.6 Å². The summed E-state index contributed by atoms with van der Waals surface area (Å²) in [6.07, 6.45) is 2.71. The smallest absolute Gasteiger partial charge is 0.125 e. The normalized spacial score (nSPS) is 16.6. The maximum atomic E-state index is 9.10. The maximum Gasteiger partial charge on any atom is 0.125 e. The van der Waals surface area contributed by atoms with Gasteiger partial charge in [-0.2, -0.15) is 5.26 Å². The summed E-state index contributed by atoms with van der Waals surface area (Å²) in [4.78, 5) is 0. The lowest BCUT2D eigenvalue weighted by molar-refractivity contribution is 0.403. The largest absolute Gasteiger partial charge is 0.496 e. The Hall–Kier alpha value is -1.20. The number of aryl methyl sites for hydroxylation is 1. The number of nitriles is 1. The van der Waals surface area contributed by atoms with Crippen molar-refractivity contribution < 1.29 is 4.74 Å². The van der Waals surface area contributed by atoms with E-state index in [1.165, 1.54) is 0 Å². The van der Waals surface area contributed by atoms with Gasteiger partial charge in [0, 0.05) is 5.02 Å². The molecule has 1 saturated carbocycles. The Morgan fingerprint density at radius 2 is 2.19 bits per heavy atom. The minimum absolute atomic E-state index is 0.162. The van der Waals surface area contributed by atoms with E-state index in [-0.39, 0.29) is 5.41 Å².